The lowest BCUT2D eigenvalue weighted by Crippen LogP contribution is -2.04. The number of aromatic nitrogens is 4. The molecule has 0 radical (unpaired) electrons. The summed E-state index contributed by atoms with van der Waals surface area (Å²) in [7, 11) is 0. The zero-order valence-corrected chi connectivity index (χ0v) is 12.8. The van der Waals surface area contributed by atoms with E-state index in [0.29, 0.717) is 0 Å². The van der Waals surface area contributed by atoms with E-state index < -0.39 is 0 Å². The number of nitrogens with zero attached hydrogens (tertiary/aromatic N) is 4. The summed E-state index contributed by atoms with van der Waals surface area (Å²) < 4.78 is 2.18. The Kier molecular flexibility index (Phi) is 2.77. The summed E-state index contributed by atoms with van der Waals surface area (Å²) in [5.74, 6) is 2.12. The van der Waals surface area contributed by atoms with Crippen molar-refractivity contribution in [2.45, 2.75) is 52.4 Å². The van der Waals surface area contributed by atoms with Gasteiger partial charge in [-0.2, -0.15) is 0 Å². The number of hydrogen-bond donors (Lipinski definition) is 0. The van der Waals surface area contributed by atoms with Gasteiger partial charge in [-0.15, -0.1) is 21.5 Å². The van der Waals surface area contributed by atoms with Crippen molar-refractivity contribution < 1.29 is 0 Å². The molecule has 1 aliphatic rings. The zero-order valence-electron chi connectivity index (χ0n) is 11.9. The Labute approximate surface area is 121 Å². The average Bonchev–Trinajstić information content (AvgIpc) is 3.06. The predicted octanol–water partition coefficient (Wildman–Crippen LogP) is 3.34. The van der Waals surface area contributed by atoms with Crippen LogP contribution in [0.15, 0.2) is 0 Å². The highest BCUT2D eigenvalue weighted by atomic mass is 32.1. The van der Waals surface area contributed by atoms with Crippen molar-refractivity contribution in [1.82, 2.24) is 19.6 Å². The number of fused-ring (bicyclic) bond motifs is 5. The fourth-order valence-corrected chi connectivity index (χ4v) is 4.52. The summed E-state index contributed by atoms with van der Waals surface area (Å²) in [6, 6.07) is 0. The molecular formula is C15H18N4S. The number of thiophene rings is 1. The van der Waals surface area contributed by atoms with Crippen molar-refractivity contribution in [3.05, 3.63) is 22.1 Å². The number of aryl methyl sites for hydroxylation is 4. The molecule has 0 saturated carbocycles. The largest absolute Gasteiger partial charge is 0.266 e. The fraction of sp³-hybridized carbons (Fsp3) is 0.533. The van der Waals surface area contributed by atoms with Gasteiger partial charge in [0, 0.05) is 17.7 Å². The zero-order chi connectivity index (χ0) is 13.7. The van der Waals surface area contributed by atoms with Crippen LogP contribution in [0.3, 0.4) is 0 Å². The molecule has 0 aromatic carbocycles. The second-order valence-corrected chi connectivity index (χ2v) is 6.49. The maximum Gasteiger partial charge on any atom is 0.172 e. The van der Waals surface area contributed by atoms with Gasteiger partial charge in [-0.1, -0.05) is 13.8 Å². The maximum atomic E-state index is 4.91. The minimum absolute atomic E-state index is 0.897. The highest BCUT2D eigenvalue weighted by Crippen LogP contribution is 2.37. The predicted molar refractivity (Wildman–Crippen MR) is 81.6 cm³/mol. The quantitative estimate of drug-likeness (QED) is 0.725. The lowest BCUT2D eigenvalue weighted by atomic mass is 9.97. The van der Waals surface area contributed by atoms with Crippen LogP contribution >= 0.6 is 11.3 Å². The smallest absolute Gasteiger partial charge is 0.172 e. The third kappa shape index (κ3) is 1.56. The average molecular weight is 286 g/mol. The highest BCUT2D eigenvalue weighted by molar-refractivity contribution is 7.19. The molecule has 3 aromatic rings. The van der Waals surface area contributed by atoms with Crippen LogP contribution in [-0.2, 0) is 25.7 Å². The third-order valence-corrected chi connectivity index (χ3v) is 5.41. The van der Waals surface area contributed by atoms with Crippen LogP contribution in [0.1, 0.15) is 48.8 Å². The SMILES string of the molecule is CCc1nnc2c3c4c(sc3nc(CC)n12)CCCC4. The second kappa shape index (κ2) is 4.52. The molecule has 104 valence electrons. The Bertz CT molecular complexity index is 799. The van der Waals surface area contributed by atoms with Gasteiger partial charge >= 0.3 is 0 Å². The van der Waals surface area contributed by atoms with E-state index in [-0.39, 0.29) is 0 Å². The molecule has 0 bridgehead atoms. The third-order valence-electron chi connectivity index (χ3n) is 4.23. The maximum absolute atomic E-state index is 4.91. The van der Waals surface area contributed by atoms with Crippen molar-refractivity contribution in [3.8, 4) is 0 Å². The van der Waals surface area contributed by atoms with Gasteiger partial charge in [0.25, 0.3) is 0 Å². The number of rotatable bonds is 2. The lowest BCUT2D eigenvalue weighted by Gasteiger charge is -2.10. The van der Waals surface area contributed by atoms with E-state index in [0.717, 1.165) is 35.0 Å². The van der Waals surface area contributed by atoms with Gasteiger partial charge in [-0.3, -0.25) is 4.40 Å². The van der Waals surface area contributed by atoms with E-state index in [2.05, 4.69) is 28.4 Å². The Hall–Kier alpha value is -1.49. The molecule has 0 amide bonds. The van der Waals surface area contributed by atoms with E-state index in [1.165, 1.54) is 41.5 Å². The van der Waals surface area contributed by atoms with Gasteiger partial charge in [0.15, 0.2) is 5.65 Å². The van der Waals surface area contributed by atoms with E-state index in [1.54, 1.807) is 0 Å². The molecule has 3 aromatic heterocycles. The molecule has 0 aliphatic heterocycles. The Morgan fingerprint density at radius 3 is 2.65 bits per heavy atom. The molecule has 20 heavy (non-hydrogen) atoms. The molecule has 0 saturated heterocycles. The molecule has 4 nitrogen and oxygen atoms in total. The normalized spacial score (nSPS) is 15.1. The first-order chi connectivity index (χ1) is 9.83. The van der Waals surface area contributed by atoms with Crippen molar-refractivity contribution in [3.63, 3.8) is 0 Å². The summed E-state index contributed by atoms with van der Waals surface area (Å²) in [6.45, 7) is 4.28. The van der Waals surface area contributed by atoms with Crippen molar-refractivity contribution in [2.75, 3.05) is 0 Å². The van der Waals surface area contributed by atoms with E-state index >= 15 is 0 Å². The van der Waals surface area contributed by atoms with Crippen molar-refractivity contribution in [2.24, 2.45) is 0 Å². The van der Waals surface area contributed by atoms with Crippen LogP contribution < -0.4 is 0 Å². The van der Waals surface area contributed by atoms with Gasteiger partial charge < -0.3 is 0 Å². The minimum atomic E-state index is 0.897. The van der Waals surface area contributed by atoms with Gasteiger partial charge in [0.05, 0.1) is 5.39 Å². The van der Waals surface area contributed by atoms with Gasteiger partial charge in [-0.05, 0) is 31.2 Å². The first-order valence-electron chi connectivity index (χ1n) is 7.50. The molecular weight excluding hydrogens is 268 g/mol. The summed E-state index contributed by atoms with van der Waals surface area (Å²) in [4.78, 5) is 7.60. The molecule has 0 N–H and O–H groups in total. The van der Waals surface area contributed by atoms with E-state index in [1.807, 2.05) is 11.3 Å². The van der Waals surface area contributed by atoms with Crippen molar-refractivity contribution >= 4 is 27.2 Å². The van der Waals surface area contributed by atoms with Gasteiger partial charge in [-0.25, -0.2) is 4.98 Å². The summed E-state index contributed by atoms with van der Waals surface area (Å²) >= 11 is 1.87. The summed E-state index contributed by atoms with van der Waals surface area (Å²) in [5, 5.41) is 10.1. The van der Waals surface area contributed by atoms with Crippen molar-refractivity contribution in [1.29, 1.82) is 0 Å². The molecule has 1 aliphatic carbocycles. The Balaban J connectivity index is 2.16. The fourth-order valence-electron chi connectivity index (χ4n) is 3.24. The van der Waals surface area contributed by atoms with Crippen LogP contribution in [0.2, 0.25) is 0 Å². The minimum Gasteiger partial charge on any atom is -0.266 e. The molecule has 0 fully saturated rings. The Morgan fingerprint density at radius 2 is 1.85 bits per heavy atom. The molecule has 0 atom stereocenters. The molecule has 0 unspecified atom stereocenters. The van der Waals surface area contributed by atoms with Crippen LogP contribution in [0, 0.1) is 0 Å². The summed E-state index contributed by atoms with van der Waals surface area (Å²) in [6.07, 6.45) is 6.79. The van der Waals surface area contributed by atoms with Gasteiger partial charge in [0.2, 0.25) is 0 Å². The highest BCUT2D eigenvalue weighted by Gasteiger charge is 2.22. The van der Waals surface area contributed by atoms with Crippen LogP contribution in [0.4, 0.5) is 0 Å². The first kappa shape index (κ1) is 12.3. The standard InChI is InChI=1S/C15H18N4S/c1-3-11-16-15-13(9-7-5-6-8-10(9)20-15)14-18-17-12(4-2)19(11)14/h3-8H2,1-2H3. The Morgan fingerprint density at radius 1 is 1.05 bits per heavy atom. The summed E-state index contributed by atoms with van der Waals surface area (Å²) in [5.41, 5.74) is 2.52. The molecule has 3 heterocycles. The first-order valence-corrected chi connectivity index (χ1v) is 8.32. The van der Waals surface area contributed by atoms with Crippen LogP contribution in [-0.4, -0.2) is 19.6 Å². The van der Waals surface area contributed by atoms with E-state index in [9.17, 15) is 0 Å². The topological polar surface area (TPSA) is 43.1 Å². The molecule has 4 rings (SSSR count). The van der Waals surface area contributed by atoms with Gasteiger partial charge in [0.1, 0.15) is 16.5 Å². The number of hydrogen-bond acceptors (Lipinski definition) is 4. The molecule has 5 heteroatoms. The van der Waals surface area contributed by atoms with E-state index in [4.69, 9.17) is 4.98 Å². The second-order valence-electron chi connectivity index (χ2n) is 5.40. The molecule has 0 spiro atoms. The monoisotopic (exact) mass is 286 g/mol. The lowest BCUT2D eigenvalue weighted by molar-refractivity contribution is 0.700. The van der Waals surface area contributed by atoms with Crippen LogP contribution in [0.25, 0.3) is 15.9 Å². The van der Waals surface area contributed by atoms with Crippen LogP contribution in [0.5, 0.6) is 0 Å².